The predicted octanol–water partition coefficient (Wildman–Crippen LogP) is -1.11. The van der Waals surface area contributed by atoms with Crippen LogP contribution in [-0.4, -0.2) is 23.8 Å². The second-order valence-electron chi connectivity index (χ2n) is 3.37. The van der Waals surface area contributed by atoms with Gasteiger partial charge in [0, 0.05) is 25.1 Å². The van der Waals surface area contributed by atoms with Gasteiger partial charge in [0.25, 0.3) is 0 Å². The quantitative estimate of drug-likeness (QED) is 0.363. The first-order valence-corrected chi connectivity index (χ1v) is 5.35. The fourth-order valence-electron chi connectivity index (χ4n) is 1.12. The van der Waals surface area contributed by atoms with Crippen molar-refractivity contribution in [2.45, 2.75) is 20.5 Å². The number of H-pyrrole nitrogens is 1. The van der Waals surface area contributed by atoms with Crippen molar-refractivity contribution in [2.75, 3.05) is 13.7 Å². The van der Waals surface area contributed by atoms with Crippen LogP contribution in [0.5, 0.6) is 0 Å². The zero-order valence-corrected chi connectivity index (χ0v) is 14.8. The van der Waals surface area contributed by atoms with Crippen LogP contribution in [0.4, 0.5) is 0 Å². The average molecular weight is 276 g/mol. The van der Waals surface area contributed by atoms with Gasteiger partial charge in [-0.05, 0) is 19.1 Å². The van der Waals surface area contributed by atoms with Gasteiger partial charge in [-0.25, -0.2) is 0 Å². The molecule has 96 valence electrons. The van der Waals surface area contributed by atoms with Crippen molar-refractivity contribution in [3.05, 3.63) is 48.1 Å². The summed E-state index contributed by atoms with van der Waals surface area (Å²) in [5.41, 5.74) is 3.04. The summed E-state index contributed by atoms with van der Waals surface area (Å²) in [6.45, 7) is 7.85. The van der Waals surface area contributed by atoms with Gasteiger partial charge in [-0.15, -0.1) is 11.8 Å². The summed E-state index contributed by atoms with van der Waals surface area (Å²) in [6.07, 6.45) is 4.20. The largest absolute Gasteiger partial charge is 1.00 e. The molecule has 3 N–H and O–H groups in total. The first kappa shape index (κ1) is 20.4. The zero-order chi connectivity index (χ0) is 13.1. The second-order valence-corrected chi connectivity index (χ2v) is 3.37. The van der Waals surface area contributed by atoms with Crippen molar-refractivity contribution in [3.8, 4) is 0 Å². The Morgan fingerprint density at radius 1 is 1.61 bits per heavy atom. The molecule has 1 rings (SSSR count). The molecule has 4 nitrogen and oxygen atoms in total. The molecular weight excluding hydrogens is 255 g/mol. The molecule has 0 bridgehead atoms. The SMILES string of the molecule is C=[C-]N/C(=C\C)CO.COCc1ccc(C)[nH]1.[K+]. The summed E-state index contributed by atoms with van der Waals surface area (Å²) in [5, 5.41) is 11.1. The van der Waals surface area contributed by atoms with E-state index in [1.807, 2.05) is 26.0 Å². The number of aliphatic hydroxyl groups is 1. The van der Waals surface area contributed by atoms with Crippen LogP contribution < -0.4 is 56.7 Å². The Balaban J connectivity index is 0. The van der Waals surface area contributed by atoms with Gasteiger partial charge in [-0.1, -0.05) is 6.92 Å². The summed E-state index contributed by atoms with van der Waals surface area (Å²) in [5.74, 6) is 0. The van der Waals surface area contributed by atoms with E-state index >= 15 is 0 Å². The second kappa shape index (κ2) is 13.5. The minimum atomic E-state index is 0. The number of methoxy groups -OCH3 is 1. The van der Waals surface area contributed by atoms with E-state index in [9.17, 15) is 0 Å². The van der Waals surface area contributed by atoms with Crippen molar-refractivity contribution < 1.29 is 61.2 Å². The average Bonchev–Trinajstić information content (AvgIpc) is 2.73. The minimum absolute atomic E-state index is 0. The van der Waals surface area contributed by atoms with Crippen molar-refractivity contribution in [3.63, 3.8) is 0 Å². The molecule has 18 heavy (non-hydrogen) atoms. The molecule has 1 heterocycles. The van der Waals surface area contributed by atoms with E-state index in [2.05, 4.69) is 23.1 Å². The van der Waals surface area contributed by atoms with Crippen LogP contribution in [0.2, 0.25) is 0 Å². The van der Waals surface area contributed by atoms with Gasteiger partial charge in [0.1, 0.15) is 0 Å². The summed E-state index contributed by atoms with van der Waals surface area (Å²) in [6, 6.07) is 4.06. The molecular formula is C13H21KN2O2. The number of hydrogen-bond donors (Lipinski definition) is 3. The number of allylic oxidation sites excluding steroid dienone is 1. The fourth-order valence-corrected chi connectivity index (χ4v) is 1.12. The molecule has 1 aromatic rings. The minimum Gasteiger partial charge on any atom is -0.526 e. The van der Waals surface area contributed by atoms with Crippen LogP contribution in [0.3, 0.4) is 0 Å². The molecule has 0 aliphatic carbocycles. The zero-order valence-electron chi connectivity index (χ0n) is 11.7. The van der Waals surface area contributed by atoms with E-state index in [0.29, 0.717) is 6.61 Å². The summed E-state index contributed by atoms with van der Waals surface area (Å²) >= 11 is 0. The van der Waals surface area contributed by atoms with E-state index in [0.717, 1.165) is 11.4 Å². The number of aliphatic hydroxyl groups excluding tert-OH is 1. The first-order chi connectivity index (χ1) is 8.17. The van der Waals surface area contributed by atoms with E-state index in [1.165, 1.54) is 5.69 Å². The van der Waals surface area contributed by atoms with E-state index in [-0.39, 0.29) is 58.0 Å². The third kappa shape index (κ3) is 10.1. The summed E-state index contributed by atoms with van der Waals surface area (Å²) in [7, 11) is 1.69. The monoisotopic (exact) mass is 276 g/mol. The molecule has 0 aliphatic heterocycles. The van der Waals surface area contributed by atoms with Gasteiger partial charge < -0.3 is 20.1 Å². The molecule has 0 spiro atoms. The predicted molar refractivity (Wildman–Crippen MR) is 69.1 cm³/mol. The molecule has 1 aromatic heterocycles. The Bertz CT molecular complexity index is 349. The van der Waals surface area contributed by atoms with Gasteiger partial charge in [-0.3, -0.25) is 0 Å². The van der Waals surface area contributed by atoms with Gasteiger partial charge in [-0.2, -0.15) is 12.8 Å². The maximum atomic E-state index is 8.46. The fraction of sp³-hybridized carbons (Fsp3) is 0.385. The maximum absolute atomic E-state index is 8.46. The van der Waals surface area contributed by atoms with Gasteiger partial charge in [0.05, 0.1) is 6.61 Å². The van der Waals surface area contributed by atoms with Crippen LogP contribution in [0, 0.1) is 13.1 Å². The van der Waals surface area contributed by atoms with E-state index < -0.39 is 0 Å². The molecule has 0 fully saturated rings. The molecule has 0 amide bonds. The summed E-state index contributed by atoms with van der Waals surface area (Å²) in [4.78, 5) is 3.15. The van der Waals surface area contributed by atoms with E-state index in [4.69, 9.17) is 9.84 Å². The van der Waals surface area contributed by atoms with Crippen molar-refractivity contribution in [2.24, 2.45) is 0 Å². The van der Waals surface area contributed by atoms with Crippen molar-refractivity contribution in [1.82, 2.24) is 10.3 Å². The van der Waals surface area contributed by atoms with Gasteiger partial charge in [0.15, 0.2) is 0 Å². The molecule has 0 saturated carbocycles. The van der Waals surface area contributed by atoms with Crippen LogP contribution in [-0.2, 0) is 11.3 Å². The Hall–Kier alpha value is 0.116. The number of ether oxygens (including phenoxy) is 1. The number of aromatic amines is 1. The Morgan fingerprint density at radius 2 is 2.28 bits per heavy atom. The normalized spacial score (nSPS) is 9.89. The first-order valence-electron chi connectivity index (χ1n) is 5.35. The number of rotatable bonds is 5. The number of nitrogens with one attached hydrogen (secondary N) is 2. The third-order valence-electron chi connectivity index (χ3n) is 1.96. The Labute approximate surface area is 152 Å². The van der Waals surface area contributed by atoms with Crippen molar-refractivity contribution in [1.29, 1.82) is 0 Å². The number of hydrogen-bond acceptors (Lipinski definition) is 3. The van der Waals surface area contributed by atoms with Crippen LogP contribution in [0.1, 0.15) is 18.3 Å². The third-order valence-corrected chi connectivity index (χ3v) is 1.96. The standard InChI is InChI=1S/C7H11NO.C6H10NO.K/c1-6-3-4-7(8-6)5-9-2;1-3-6(5-8)7-4-2;/h3-4,8H,5H2,1-2H3;3,7-8H,2,5H2,1H3;/q;-1;+1/b;6-3-;. The molecule has 0 aliphatic rings. The van der Waals surface area contributed by atoms with Crippen LogP contribution >= 0.6 is 0 Å². The van der Waals surface area contributed by atoms with Crippen LogP contribution in [0.15, 0.2) is 30.5 Å². The Morgan fingerprint density at radius 3 is 2.56 bits per heavy atom. The van der Waals surface area contributed by atoms with Crippen LogP contribution in [0.25, 0.3) is 0 Å². The van der Waals surface area contributed by atoms with Crippen molar-refractivity contribution >= 4 is 0 Å². The molecule has 0 unspecified atom stereocenters. The van der Waals surface area contributed by atoms with Gasteiger partial charge in [0.2, 0.25) is 0 Å². The topological polar surface area (TPSA) is 57.3 Å². The molecule has 0 radical (unpaired) electrons. The molecule has 0 aromatic carbocycles. The number of aromatic nitrogens is 1. The molecule has 0 atom stereocenters. The number of aryl methyl sites for hydroxylation is 1. The molecule has 0 saturated heterocycles. The summed E-state index contributed by atoms with van der Waals surface area (Å²) < 4.78 is 4.91. The Kier molecular flexibility index (Phi) is 15.4. The van der Waals surface area contributed by atoms with E-state index in [1.54, 1.807) is 13.2 Å². The maximum Gasteiger partial charge on any atom is 1.00 e. The molecule has 5 heteroatoms. The van der Waals surface area contributed by atoms with Gasteiger partial charge >= 0.3 is 51.4 Å². The smallest absolute Gasteiger partial charge is 0.526 e.